The zero-order valence-corrected chi connectivity index (χ0v) is 15.2. The Morgan fingerprint density at radius 2 is 1.96 bits per heavy atom. The summed E-state index contributed by atoms with van der Waals surface area (Å²) in [7, 11) is -3.37. The average Bonchev–Trinajstić information content (AvgIpc) is 2.56. The second kappa shape index (κ2) is 8.59. The lowest BCUT2D eigenvalue weighted by Gasteiger charge is -2.06. The van der Waals surface area contributed by atoms with Crippen molar-refractivity contribution in [2.75, 3.05) is 23.0 Å². The molecule has 0 radical (unpaired) electrons. The molecular formula is C17H17F3N2O2S2. The topological polar surface area (TPSA) is 73.0 Å². The fraction of sp³-hybridized carbons (Fsp3) is 0.235. The summed E-state index contributed by atoms with van der Waals surface area (Å²) in [6, 6.07) is 8.08. The summed E-state index contributed by atoms with van der Waals surface area (Å²) in [5, 5.41) is 0.571. The van der Waals surface area contributed by atoms with Gasteiger partial charge in [-0.1, -0.05) is 24.3 Å². The maximum Gasteiger partial charge on any atom is 0.416 e. The van der Waals surface area contributed by atoms with Crippen LogP contribution in [0.5, 0.6) is 0 Å². The van der Waals surface area contributed by atoms with Gasteiger partial charge in [0, 0.05) is 11.9 Å². The highest BCUT2D eigenvalue weighted by molar-refractivity contribution is 8.00. The smallest absolute Gasteiger partial charge is 0.397 e. The first-order valence-corrected chi connectivity index (χ1v) is 10.4. The Bertz CT molecular complexity index is 882. The second-order valence-electron chi connectivity index (χ2n) is 5.39. The lowest BCUT2D eigenvalue weighted by atomic mass is 10.1. The molecule has 0 atom stereocenters. The summed E-state index contributed by atoms with van der Waals surface area (Å²) in [6.07, 6.45) is -0.132. The Labute approximate surface area is 154 Å². The Balaban J connectivity index is 1.89. The normalized spacial score (nSPS) is 12.6. The molecular weight excluding hydrogens is 385 g/mol. The van der Waals surface area contributed by atoms with Gasteiger partial charge in [0.25, 0.3) is 0 Å². The van der Waals surface area contributed by atoms with Crippen LogP contribution in [0.2, 0.25) is 0 Å². The SMILES string of the molecule is Nc1cccnc1SCCS(=O)(=O)CC=Cc1cccc(C(F)(F)F)c1. The molecule has 0 bridgehead atoms. The lowest BCUT2D eigenvalue weighted by Crippen LogP contribution is -2.11. The van der Waals surface area contributed by atoms with Crippen LogP contribution < -0.4 is 5.73 Å². The van der Waals surface area contributed by atoms with E-state index in [-0.39, 0.29) is 11.5 Å². The van der Waals surface area contributed by atoms with Crippen molar-refractivity contribution in [2.45, 2.75) is 11.2 Å². The number of sulfone groups is 1. The van der Waals surface area contributed by atoms with Crippen LogP contribution in [-0.2, 0) is 16.0 Å². The van der Waals surface area contributed by atoms with E-state index in [1.165, 1.54) is 36.0 Å². The molecule has 1 heterocycles. The van der Waals surface area contributed by atoms with Crippen LogP contribution in [0.1, 0.15) is 11.1 Å². The van der Waals surface area contributed by atoms with Gasteiger partial charge in [-0.3, -0.25) is 0 Å². The number of nitrogens with two attached hydrogens (primary N) is 1. The van der Waals surface area contributed by atoms with Gasteiger partial charge in [-0.05, 0) is 29.8 Å². The summed E-state index contributed by atoms with van der Waals surface area (Å²) < 4.78 is 62.0. The minimum atomic E-state index is -4.43. The van der Waals surface area contributed by atoms with E-state index in [2.05, 4.69) is 4.98 Å². The molecule has 4 nitrogen and oxygen atoms in total. The van der Waals surface area contributed by atoms with Gasteiger partial charge in [-0.25, -0.2) is 13.4 Å². The van der Waals surface area contributed by atoms with Gasteiger partial charge in [0.15, 0.2) is 9.84 Å². The summed E-state index contributed by atoms with van der Waals surface area (Å²) in [5.74, 6) is -0.0386. The minimum absolute atomic E-state index is 0.0827. The number of hydrogen-bond acceptors (Lipinski definition) is 5. The minimum Gasteiger partial charge on any atom is -0.397 e. The predicted molar refractivity (Wildman–Crippen MR) is 98.5 cm³/mol. The van der Waals surface area contributed by atoms with E-state index >= 15 is 0 Å². The van der Waals surface area contributed by atoms with E-state index in [4.69, 9.17) is 5.73 Å². The van der Waals surface area contributed by atoms with E-state index in [0.29, 0.717) is 22.0 Å². The third-order valence-corrected chi connectivity index (χ3v) is 6.12. The monoisotopic (exact) mass is 402 g/mol. The van der Waals surface area contributed by atoms with Crippen molar-refractivity contribution in [3.63, 3.8) is 0 Å². The van der Waals surface area contributed by atoms with Gasteiger partial charge in [-0.2, -0.15) is 13.2 Å². The molecule has 2 aromatic rings. The number of nitrogen functional groups attached to an aromatic ring is 1. The van der Waals surface area contributed by atoms with E-state index < -0.39 is 21.6 Å². The van der Waals surface area contributed by atoms with Crippen molar-refractivity contribution in [1.82, 2.24) is 4.98 Å². The molecule has 0 saturated carbocycles. The Hall–Kier alpha value is -2.00. The molecule has 0 fully saturated rings. The number of thioether (sulfide) groups is 1. The molecule has 1 aromatic heterocycles. The molecule has 0 aliphatic rings. The number of anilines is 1. The number of alkyl halides is 3. The molecule has 0 spiro atoms. The predicted octanol–water partition coefficient (Wildman–Crippen LogP) is 3.90. The maximum atomic E-state index is 12.7. The molecule has 140 valence electrons. The number of nitrogens with zero attached hydrogens (tertiary/aromatic N) is 1. The molecule has 1 aromatic carbocycles. The standard InChI is InChI=1S/C17H17F3N2O2S2/c18-17(19,20)14-6-1-4-13(12-14)5-3-10-26(23,24)11-9-25-16-15(21)7-2-8-22-16/h1-8,12H,9-11,21H2. The van der Waals surface area contributed by atoms with Gasteiger partial charge in [0.2, 0.25) is 0 Å². The van der Waals surface area contributed by atoms with Crippen LogP contribution in [0, 0.1) is 0 Å². The van der Waals surface area contributed by atoms with Crippen LogP contribution in [0.15, 0.2) is 53.7 Å². The number of aromatic nitrogens is 1. The number of benzene rings is 1. The maximum absolute atomic E-state index is 12.7. The van der Waals surface area contributed by atoms with Gasteiger partial charge in [0.1, 0.15) is 5.03 Å². The molecule has 0 saturated heterocycles. The Kier molecular flexibility index (Phi) is 6.71. The van der Waals surface area contributed by atoms with Crippen molar-refractivity contribution in [3.05, 3.63) is 59.8 Å². The summed E-state index contributed by atoms with van der Waals surface area (Å²) >= 11 is 1.24. The zero-order valence-electron chi connectivity index (χ0n) is 13.6. The summed E-state index contributed by atoms with van der Waals surface area (Å²) in [5.41, 5.74) is 5.74. The third-order valence-electron chi connectivity index (χ3n) is 3.31. The highest BCUT2D eigenvalue weighted by atomic mass is 32.2. The molecule has 0 aliphatic heterocycles. The lowest BCUT2D eigenvalue weighted by molar-refractivity contribution is -0.137. The molecule has 0 aliphatic carbocycles. The number of halogens is 3. The first kappa shape index (κ1) is 20.3. The van der Waals surface area contributed by atoms with Crippen molar-refractivity contribution in [3.8, 4) is 0 Å². The molecule has 26 heavy (non-hydrogen) atoms. The molecule has 0 amide bonds. The van der Waals surface area contributed by atoms with E-state index in [1.54, 1.807) is 18.3 Å². The highest BCUT2D eigenvalue weighted by Crippen LogP contribution is 2.29. The van der Waals surface area contributed by atoms with E-state index in [9.17, 15) is 21.6 Å². The van der Waals surface area contributed by atoms with Crippen LogP contribution in [0.3, 0.4) is 0 Å². The Morgan fingerprint density at radius 3 is 2.65 bits per heavy atom. The van der Waals surface area contributed by atoms with Crippen LogP contribution in [0.4, 0.5) is 18.9 Å². The molecule has 2 rings (SSSR count). The summed E-state index contributed by atoms with van der Waals surface area (Å²) in [6.45, 7) is 0. The van der Waals surface area contributed by atoms with Gasteiger partial charge < -0.3 is 5.73 Å². The number of rotatable bonds is 7. The van der Waals surface area contributed by atoms with Gasteiger partial charge >= 0.3 is 6.18 Å². The first-order chi connectivity index (χ1) is 12.2. The van der Waals surface area contributed by atoms with E-state index in [0.717, 1.165) is 12.1 Å². The van der Waals surface area contributed by atoms with Crippen molar-refractivity contribution >= 4 is 33.4 Å². The quantitative estimate of drug-likeness (QED) is 0.711. The van der Waals surface area contributed by atoms with Crippen LogP contribution >= 0.6 is 11.8 Å². The number of hydrogen-bond donors (Lipinski definition) is 1. The molecule has 2 N–H and O–H groups in total. The van der Waals surface area contributed by atoms with Gasteiger partial charge in [0.05, 0.1) is 22.8 Å². The first-order valence-electron chi connectivity index (χ1n) is 7.55. The largest absolute Gasteiger partial charge is 0.416 e. The average molecular weight is 402 g/mol. The van der Waals surface area contributed by atoms with Gasteiger partial charge in [-0.15, -0.1) is 11.8 Å². The van der Waals surface area contributed by atoms with Crippen LogP contribution in [0.25, 0.3) is 6.08 Å². The zero-order chi connectivity index (χ0) is 19.2. The van der Waals surface area contributed by atoms with Crippen molar-refractivity contribution < 1.29 is 21.6 Å². The molecule has 0 unspecified atom stereocenters. The van der Waals surface area contributed by atoms with Crippen molar-refractivity contribution in [2.24, 2.45) is 0 Å². The molecule has 9 heteroatoms. The summed E-state index contributed by atoms with van der Waals surface area (Å²) in [4.78, 5) is 4.06. The van der Waals surface area contributed by atoms with Crippen molar-refractivity contribution in [1.29, 1.82) is 0 Å². The van der Waals surface area contributed by atoms with E-state index in [1.807, 2.05) is 0 Å². The fourth-order valence-electron chi connectivity index (χ4n) is 2.02. The second-order valence-corrected chi connectivity index (χ2v) is 8.70. The third kappa shape index (κ3) is 6.38. The van der Waals surface area contributed by atoms with Crippen LogP contribution in [-0.4, -0.2) is 30.7 Å². The Morgan fingerprint density at radius 1 is 1.19 bits per heavy atom. The fourth-order valence-corrected chi connectivity index (χ4v) is 4.49. The number of pyridine rings is 1. The highest BCUT2D eigenvalue weighted by Gasteiger charge is 2.30.